The average Bonchev–Trinajstić information content (AvgIpc) is 3.60. The normalized spacial score (nSPS) is 13.4. The maximum Gasteiger partial charge on any atom is 3.00 e. The van der Waals surface area contributed by atoms with Crippen LogP contribution in [0.2, 0.25) is 13.1 Å². The summed E-state index contributed by atoms with van der Waals surface area (Å²) in [5.74, 6) is 0.695. The van der Waals surface area contributed by atoms with E-state index >= 15 is 0 Å². The van der Waals surface area contributed by atoms with Gasteiger partial charge in [0.15, 0.2) is 0 Å². The monoisotopic (exact) mass is 715 g/mol. The Bertz CT molecular complexity index is 2090. The van der Waals surface area contributed by atoms with Gasteiger partial charge < -0.3 is 24.8 Å². The Balaban J connectivity index is 0.000000741. The fourth-order valence-electron chi connectivity index (χ4n) is 7.05. The molecule has 1 unspecified atom stereocenters. The second-order valence-electron chi connectivity index (χ2n) is 11.8. The van der Waals surface area contributed by atoms with Crippen LogP contribution in [0.3, 0.4) is 0 Å². The summed E-state index contributed by atoms with van der Waals surface area (Å²) in [6, 6.07) is 45.1. The van der Waals surface area contributed by atoms with Crippen molar-refractivity contribution in [3.05, 3.63) is 144 Å². The zero-order chi connectivity index (χ0) is 28.8. The minimum absolute atomic E-state index is 0. The van der Waals surface area contributed by atoms with Gasteiger partial charge in [-0.15, -0.1) is 33.7 Å². The van der Waals surface area contributed by atoms with Gasteiger partial charge in [0, 0.05) is 15.4 Å². The Morgan fingerprint density at radius 3 is 1.80 bits per heavy atom. The van der Waals surface area contributed by atoms with Gasteiger partial charge in [-0.2, -0.15) is 0 Å². The third kappa shape index (κ3) is 6.04. The molecule has 7 aromatic carbocycles. The summed E-state index contributed by atoms with van der Waals surface area (Å²) in [5.41, 5.74) is 8.40. The van der Waals surface area contributed by atoms with E-state index in [-0.39, 0.29) is 56.9 Å². The van der Waals surface area contributed by atoms with Crippen molar-refractivity contribution in [2.75, 3.05) is 0 Å². The molecule has 0 fully saturated rings. The Morgan fingerprint density at radius 2 is 1.16 bits per heavy atom. The van der Waals surface area contributed by atoms with Crippen molar-refractivity contribution in [2.45, 2.75) is 32.9 Å². The molecule has 1 aliphatic rings. The maximum absolute atomic E-state index is 2.51. The number of halogens is 2. The van der Waals surface area contributed by atoms with Gasteiger partial charge in [-0.3, -0.25) is 0 Å². The van der Waals surface area contributed by atoms with Gasteiger partial charge in [0.05, 0.1) is 0 Å². The van der Waals surface area contributed by atoms with Crippen molar-refractivity contribution >= 4 is 58.7 Å². The van der Waals surface area contributed by atoms with E-state index in [1.54, 1.807) is 0 Å². The van der Waals surface area contributed by atoms with E-state index in [0.717, 1.165) is 9.52 Å². The predicted octanol–water partition coefficient (Wildman–Crippen LogP) is 5.66. The Hall–Kier alpha value is -2.87. The summed E-state index contributed by atoms with van der Waals surface area (Å²) in [4.78, 5) is 0. The van der Waals surface area contributed by atoms with Crippen LogP contribution in [0.25, 0.3) is 60.3 Å². The van der Waals surface area contributed by atoms with E-state index < -0.39 is 0 Å². The molecular formula is C41H35Cl2SiZr. The topological polar surface area (TPSA) is 0 Å². The van der Waals surface area contributed by atoms with Gasteiger partial charge in [0.1, 0.15) is 0 Å². The second kappa shape index (κ2) is 14.7. The first-order valence-electron chi connectivity index (χ1n) is 15.0. The number of hydrogen-bond acceptors (Lipinski definition) is 0. The van der Waals surface area contributed by atoms with Crippen LogP contribution in [-0.2, 0) is 26.2 Å². The first kappa shape index (κ1) is 35.0. The standard InChI is InChI=1S/C39H29.C2H6Si.2ClH.Zr/c1-24(2)35-23-37-33(38-29-15-7-4-11-25(29)21-26-12-5-8-16-30(26)38)19-10-20-34(37)39(35)32-18-9-17-31-28-14-6-3-13-27(28)22-36(31)32;1-3-2;;;/h3-24,39H,1-2H3;1-2H3;2*1H;/q-1;;;;+3/p-2. The van der Waals surface area contributed by atoms with E-state index in [4.69, 9.17) is 0 Å². The molecule has 0 saturated carbocycles. The summed E-state index contributed by atoms with van der Waals surface area (Å²) in [5, 5.41) is 10.6. The second-order valence-corrected chi connectivity index (χ2v) is 12.8. The fraction of sp³-hybridized carbons (Fsp3) is 0.146. The van der Waals surface area contributed by atoms with Gasteiger partial charge in [0.2, 0.25) is 0 Å². The van der Waals surface area contributed by atoms with Crippen LogP contribution in [0.5, 0.6) is 0 Å². The molecule has 0 aliphatic heterocycles. The van der Waals surface area contributed by atoms with E-state index in [1.807, 2.05) is 0 Å². The summed E-state index contributed by atoms with van der Waals surface area (Å²) in [7, 11) is 1.08. The molecule has 0 heterocycles. The van der Waals surface area contributed by atoms with Gasteiger partial charge in [0.25, 0.3) is 0 Å². The number of rotatable bonds is 3. The Labute approximate surface area is 301 Å². The van der Waals surface area contributed by atoms with Crippen LogP contribution in [0.15, 0.2) is 127 Å². The van der Waals surface area contributed by atoms with Crippen molar-refractivity contribution < 1.29 is 51.0 Å². The third-order valence-electron chi connectivity index (χ3n) is 8.80. The minimum atomic E-state index is 0. The van der Waals surface area contributed by atoms with E-state index in [1.165, 1.54) is 76.5 Å². The molecule has 4 heteroatoms. The molecule has 1 atom stereocenters. The van der Waals surface area contributed by atoms with Gasteiger partial charge in [-0.1, -0.05) is 147 Å². The van der Waals surface area contributed by atoms with E-state index in [9.17, 15) is 0 Å². The third-order valence-corrected chi connectivity index (χ3v) is 8.80. The van der Waals surface area contributed by atoms with Crippen molar-refractivity contribution in [3.8, 4) is 11.1 Å². The van der Waals surface area contributed by atoms with Crippen molar-refractivity contribution in [2.24, 2.45) is 5.92 Å². The van der Waals surface area contributed by atoms with Gasteiger partial charge >= 0.3 is 26.2 Å². The molecule has 3 radical (unpaired) electrons. The van der Waals surface area contributed by atoms with Crippen molar-refractivity contribution in [1.29, 1.82) is 0 Å². The molecule has 0 aromatic heterocycles. The van der Waals surface area contributed by atoms with Crippen LogP contribution in [0.1, 0.15) is 36.5 Å². The zero-order valence-electron chi connectivity index (χ0n) is 26.0. The van der Waals surface area contributed by atoms with E-state index in [2.05, 4.69) is 154 Å². The summed E-state index contributed by atoms with van der Waals surface area (Å²) < 4.78 is 0. The number of allylic oxidation sites excluding steroid dienone is 1. The maximum atomic E-state index is 2.51. The summed E-state index contributed by atoms with van der Waals surface area (Å²) in [6.45, 7) is 9.00. The van der Waals surface area contributed by atoms with Crippen LogP contribution in [0.4, 0.5) is 0 Å². The molecule has 0 nitrogen and oxygen atoms in total. The largest absolute Gasteiger partial charge is 3.00 e. The van der Waals surface area contributed by atoms with Crippen LogP contribution in [0, 0.1) is 5.92 Å². The van der Waals surface area contributed by atoms with Crippen LogP contribution < -0.4 is 24.8 Å². The van der Waals surface area contributed by atoms with Crippen molar-refractivity contribution in [1.82, 2.24) is 0 Å². The summed E-state index contributed by atoms with van der Waals surface area (Å²) >= 11 is 0. The summed E-state index contributed by atoms with van der Waals surface area (Å²) in [6.07, 6.45) is 2.51. The van der Waals surface area contributed by atoms with Crippen molar-refractivity contribution in [3.63, 3.8) is 0 Å². The molecule has 0 spiro atoms. The van der Waals surface area contributed by atoms with Gasteiger partial charge in [-0.05, 0) is 55.8 Å². The first-order valence-corrected chi connectivity index (χ1v) is 17.0. The SMILES string of the molecule is CC(C)C1=Cc2c(-c3c4ccccc4cc4ccccc34)cccc2C1c1cccc2c1[cH-]c1ccccc12.C[Si]C.[Cl-].[Cl-].[Zr+3]. The fourth-order valence-corrected chi connectivity index (χ4v) is 7.05. The molecule has 8 rings (SSSR count). The van der Waals surface area contributed by atoms with E-state index in [0.29, 0.717) is 5.92 Å². The zero-order valence-corrected chi connectivity index (χ0v) is 31.0. The quantitative estimate of drug-likeness (QED) is 0.126. The molecule has 7 aromatic rings. The number of fused-ring (bicyclic) bond motifs is 6. The van der Waals surface area contributed by atoms with Crippen LogP contribution >= 0.6 is 0 Å². The molecular weight excluding hydrogens is 683 g/mol. The molecule has 0 N–H and O–H groups in total. The Kier molecular flexibility index (Phi) is 11.4. The minimum Gasteiger partial charge on any atom is -1.00 e. The number of hydrogen-bond donors (Lipinski definition) is 0. The van der Waals surface area contributed by atoms with Gasteiger partial charge in [-0.25, -0.2) is 0 Å². The molecule has 221 valence electrons. The molecule has 45 heavy (non-hydrogen) atoms. The molecule has 0 amide bonds. The molecule has 0 bridgehead atoms. The number of benzene rings is 6. The molecule has 0 saturated heterocycles. The first-order chi connectivity index (χ1) is 20.6. The smallest absolute Gasteiger partial charge is 1.00 e. The van der Waals surface area contributed by atoms with Crippen LogP contribution in [-0.4, -0.2) is 9.52 Å². The predicted molar refractivity (Wildman–Crippen MR) is 186 cm³/mol. The molecule has 1 aliphatic carbocycles. The average molecular weight is 718 g/mol. The Morgan fingerprint density at radius 1 is 0.622 bits per heavy atom.